The van der Waals surface area contributed by atoms with Crippen LogP contribution in [0.5, 0.6) is 5.75 Å². The predicted octanol–water partition coefficient (Wildman–Crippen LogP) is 3.45. The van der Waals surface area contributed by atoms with Crippen molar-refractivity contribution in [3.8, 4) is 5.75 Å². The average molecular weight is 442 g/mol. The molecule has 0 aromatic heterocycles. The molecule has 1 aliphatic rings. The highest BCUT2D eigenvalue weighted by molar-refractivity contribution is 9.10. The lowest BCUT2D eigenvalue weighted by Gasteiger charge is -2.21. The Labute approximate surface area is 167 Å². The zero-order valence-electron chi connectivity index (χ0n) is 14.9. The number of hydrogen-bond donors (Lipinski definition) is 3. The van der Waals surface area contributed by atoms with Crippen molar-refractivity contribution >= 4 is 45.1 Å². The summed E-state index contributed by atoms with van der Waals surface area (Å²) in [7, 11) is 0. The molecule has 1 aromatic carbocycles. The molecule has 8 heteroatoms. The summed E-state index contributed by atoms with van der Waals surface area (Å²) in [5.74, 6) is -0.0282. The molecule has 1 aromatic rings. The molecular weight excluding hydrogens is 418 g/mol. The molecule has 0 heterocycles. The van der Waals surface area contributed by atoms with Crippen LogP contribution in [0.1, 0.15) is 56.3 Å². The minimum absolute atomic E-state index is 0.00544. The third-order valence-electron chi connectivity index (χ3n) is 4.05. The van der Waals surface area contributed by atoms with Crippen molar-refractivity contribution in [2.24, 2.45) is 5.92 Å². The van der Waals surface area contributed by atoms with Gasteiger partial charge in [-0.1, -0.05) is 35.2 Å². The second-order valence-corrected chi connectivity index (χ2v) is 7.86. The molecule has 0 bridgehead atoms. The zero-order valence-corrected chi connectivity index (χ0v) is 17.3. The monoisotopic (exact) mass is 441 g/mol. The van der Waals surface area contributed by atoms with Crippen molar-refractivity contribution < 1.29 is 14.3 Å². The Morgan fingerprint density at radius 3 is 2.54 bits per heavy atom. The number of amides is 2. The summed E-state index contributed by atoms with van der Waals surface area (Å²) in [6.07, 6.45) is 5.03. The fourth-order valence-electron chi connectivity index (χ4n) is 2.82. The van der Waals surface area contributed by atoms with E-state index in [-0.39, 0.29) is 23.0 Å². The Hall–Kier alpha value is -1.67. The van der Waals surface area contributed by atoms with E-state index < -0.39 is 5.91 Å². The number of carbonyl (C=O) groups excluding carboxylic acids is 2. The van der Waals surface area contributed by atoms with Gasteiger partial charge in [-0.3, -0.25) is 25.8 Å². The molecule has 142 valence electrons. The number of ether oxygens (including phenoxy) is 1. The molecule has 1 fully saturated rings. The van der Waals surface area contributed by atoms with E-state index in [1.165, 1.54) is 6.42 Å². The van der Waals surface area contributed by atoms with Crippen LogP contribution in [0.3, 0.4) is 0 Å². The largest absolute Gasteiger partial charge is 0.490 e. The van der Waals surface area contributed by atoms with Gasteiger partial charge in [0.2, 0.25) is 5.91 Å². The number of nitrogens with one attached hydrogen (secondary N) is 3. The molecule has 1 saturated carbocycles. The van der Waals surface area contributed by atoms with Gasteiger partial charge < -0.3 is 4.74 Å². The molecule has 3 N–H and O–H groups in total. The van der Waals surface area contributed by atoms with Gasteiger partial charge in [0.05, 0.1) is 11.7 Å². The molecule has 0 unspecified atom stereocenters. The zero-order chi connectivity index (χ0) is 19.1. The molecule has 0 saturated heterocycles. The number of benzene rings is 1. The number of carbonyl (C=O) groups is 2. The summed E-state index contributed by atoms with van der Waals surface area (Å²) in [4.78, 5) is 24.6. The lowest BCUT2D eigenvalue weighted by atomic mass is 9.89. The maximum absolute atomic E-state index is 12.5. The van der Waals surface area contributed by atoms with Gasteiger partial charge in [-0.2, -0.15) is 0 Å². The summed E-state index contributed by atoms with van der Waals surface area (Å²) in [5, 5.41) is 2.60. The predicted molar refractivity (Wildman–Crippen MR) is 108 cm³/mol. The summed E-state index contributed by atoms with van der Waals surface area (Å²) in [5.41, 5.74) is 5.54. The fourth-order valence-corrected chi connectivity index (χ4v) is 3.33. The highest BCUT2D eigenvalue weighted by Crippen LogP contribution is 2.24. The van der Waals surface area contributed by atoms with Gasteiger partial charge in [-0.05, 0) is 57.1 Å². The van der Waals surface area contributed by atoms with E-state index >= 15 is 0 Å². The summed E-state index contributed by atoms with van der Waals surface area (Å²) in [6, 6.07) is 5.19. The summed E-state index contributed by atoms with van der Waals surface area (Å²) >= 11 is 8.45. The van der Waals surface area contributed by atoms with E-state index in [2.05, 4.69) is 32.1 Å². The number of hydrazine groups is 1. The van der Waals surface area contributed by atoms with Gasteiger partial charge in [0, 0.05) is 10.4 Å². The smallest absolute Gasteiger partial charge is 0.261 e. The minimum atomic E-state index is -0.411. The first-order valence-electron chi connectivity index (χ1n) is 8.74. The summed E-state index contributed by atoms with van der Waals surface area (Å²) in [6.45, 7) is 3.77. The molecule has 2 amide bonds. The van der Waals surface area contributed by atoms with Crippen LogP contribution in [0.25, 0.3) is 0 Å². The van der Waals surface area contributed by atoms with Crippen LogP contribution >= 0.6 is 28.1 Å². The van der Waals surface area contributed by atoms with E-state index in [1.54, 1.807) is 18.2 Å². The molecule has 26 heavy (non-hydrogen) atoms. The molecule has 0 atom stereocenters. The van der Waals surface area contributed by atoms with Crippen LogP contribution in [0, 0.1) is 5.92 Å². The Kier molecular flexibility index (Phi) is 7.84. The van der Waals surface area contributed by atoms with E-state index in [0.29, 0.717) is 11.3 Å². The van der Waals surface area contributed by atoms with Crippen LogP contribution in [-0.2, 0) is 4.79 Å². The van der Waals surface area contributed by atoms with Crippen LogP contribution in [0.15, 0.2) is 22.7 Å². The average Bonchev–Trinajstić information content (AvgIpc) is 2.61. The first kappa shape index (κ1) is 20.6. The van der Waals surface area contributed by atoms with Crippen molar-refractivity contribution in [1.82, 2.24) is 16.2 Å². The highest BCUT2D eigenvalue weighted by atomic mass is 79.9. The Morgan fingerprint density at radius 1 is 1.19 bits per heavy atom. The number of halogens is 1. The summed E-state index contributed by atoms with van der Waals surface area (Å²) < 4.78 is 6.42. The number of thiocarbonyl (C=S) groups is 1. The molecule has 0 spiro atoms. The van der Waals surface area contributed by atoms with E-state index in [9.17, 15) is 9.59 Å². The van der Waals surface area contributed by atoms with Gasteiger partial charge in [0.1, 0.15) is 5.75 Å². The Balaban J connectivity index is 1.91. The van der Waals surface area contributed by atoms with Crippen molar-refractivity contribution in [2.75, 3.05) is 0 Å². The lowest BCUT2D eigenvalue weighted by Crippen LogP contribution is -2.50. The van der Waals surface area contributed by atoms with Crippen LogP contribution in [-0.4, -0.2) is 23.0 Å². The van der Waals surface area contributed by atoms with Crippen LogP contribution < -0.4 is 20.9 Å². The van der Waals surface area contributed by atoms with E-state index in [4.69, 9.17) is 17.0 Å². The van der Waals surface area contributed by atoms with Gasteiger partial charge >= 0.3 is 0 Å². The quantitative estimate of drug-likeness (QED) is 0.492. The minimum Gasteiger partial charge on any atom is -0.490 e. The molecule has 0 radical (unpaired) electrons. The first-order valence-corrected chi connectivity index (χ1v) is 9.94. The van der Waals surface area contributed by atoms with Crippen molar-refractivity contribution in [2.45, 2.75) is 52.1 Å². The maximum atomic E-state index is 12.5. The van der Waals surface area contributed by atoms with Crippen molar-refractivity contribution in [3.05, 3.63) is 28.2 Å². The highest BCUT2D eigenvalue weighted by Gasteiger charge is 2.21. The van der Waals surface area contributed by atoms with Gasteiger partial charge in [0.15, 0.2) is 5.11 Å². The number of rotatable bonds is 4. The third-order valence-corrected chi connectivity index (χ3v) is 4.75. The lowest BCUT2D eigenvalue weighted by molar-refractivity contribution is -0.126. The fraction of sp³-hybridized carbons (Fsp3) is 0.500. The second-order valence-electron chi connectivity index (χ2n) is 6.54. The molecule has 6 nitrogen and oxygen atoms in total. The molecular formula is C18H24BrN3O3S. The van der Waals surface area contributed by atoms with E-state index in [0.717, 1.165) is 30.2 Å². The second kappa shape index (κ2) is 9.87. The SMILES string of the molecule is CC(C)Oc1ccc(Br)cc1C(=O)NC(=S)NNC(=O)C1CCCCC1. The van der Waals surface area contributed by atoms with E-state index in [1.807, 2.05) is 13.8 Å². The van der Waals surface area contributed by atoms with Crippen molar-refractivity contribution in [1.29, 1.82) is 0 Å². The van der Waals surface area contributed by atoms with Crippen molar-refractivity contribution in [3.63, 3.8) is 0 Å². The number of hydrogen-bond acceptors (Lipinski definition) is 4. The Morgan fingerprint density at radius 2 is 1.88 bits per heavy atom. The molecule has 2 rings (SSSR count). The topological polar surface area (TPSA) is 79.5 Å². The normalized spacial score (nSPS) is 14.6. The standard InChI is InChI=1S/C18H24BrN3O3S/c1-11(2)25-15-9-8-13(19)10-14(15)17(24)20-18(26)22-21-16(23)12-6-4-3-5-7-12/h8-12H,3-7H2,1-2H3,(H,21,23)(H2,20,22,24,26). The first-order chi connectivity index (χ1) is 12.4. The van der Waals surface area contributed by atoms with Gasteiger partial charge in [-0.15, -0.1) is 0 Å². The molecule has 1 aliphatic carbocycles. The Bertz CT molecular complexity index is 676. The van der Waals surface area contributed by atoms with Crippen LogP contribution in [0.4, 0.5) is 0 Å². The maximum Gasteiger partial charge on any atom is 0.261 e. The third kappa shape index (κ3) is 6.25. The molecule has 0 aliphatic heterocycles. The van der Waals surface area contributed by atoms with Gasteiger partial charge in [-0.25, -0.2) is 0 Å². The van der Waals surface area contributed by atoms with Crippen LogP contribution in [0.2, 0.25) is 0 Å². The van der Waals surface area contributed by atoms with Gasteiger partial charge in [0.25, 0.3) is 5.91 Å².